The summed E-state index contributed by atoms with van der Waals surface area (Å²) in [4.78, 5) is 16.2. The minimum absolute atomic E-state index is 0.0143. The number of hydrogen-bond acceptors (Lipinski definition) is 3. The predicted octanol–water partition coefficient (Wildman–Crippen LogP) is 1.85. The van der Waals surface area contributed by atoms with E-state index in [0.717, 1.165) is 24.5 Å². The molecule has 1 aliphatic rings. The molecule has 1 saturated carbocycles. The molecule has 1 heterocycles. The van der Waals surface area contributed by atoms with Crippen LogP contribution in [0.5, 0.6) is 0 Å². The largest absolute Gasteiger partial charge is 0.349 e. The number of pyridine rings is 1. The third-order valence-electron chi connectivity index (χ3n) is 3.43. The van der Waals surface area contributed by atoms with E-state index in [1.54, 1.807) is 18.3 Å². The molecule has 1 aromatic heterocycles. The highest BCUT2D eigenvalue weighted by Crippen LogP contribution is 2.34. The number of nitrogens with zero attached hydrogens (tertiary/aromatic N) is 1. The molecular weight excluding hydrogens is 226 g/mol. The third-order valence-corrected chi connectivity index (χ3v) is 3.43. The van der Waals surface area contributed by atoms with E-state index in [4.69, 9.17) is 5.73 Å². The number of aromatic nitrogens is 1. The molecule has 0 saturated heterocycles. The predicted molar refractivity (Wildman–Crippen MR) is 71.0 cm³/mol. The molecule has 1 amide bonds. The number of rotatable bonds is 6. The molecule has 18 heavy (non-hydrogen) atoms. The lowest BCUT2D eigenvalue weighted by atomic mass is 10.1. The maximum atomic E-state index is 12.1. The van der Waals surface area contributed by atoms with Crippen molar-refractivity contribution in [1.29, 1.82) is 0 Å². The van der Waals surface area contributed by atoms with Crippen LogP contribution in [0.25, 0.3) is 0 Å². The second-order valence-electron chi connectivity index (χ2n) is 5.00. The minimum atomic E-state index is -0.0143. The second kappa shape index (κ2) is 5.96. The summed E-state index contributed by atoms with van der Waals surface area (Å²) in [5, 5.41) is 3.10. The summed E-state index contributed by atoms with van der Waals surface area (Å²) in [6.07, 6.45) is 6.37. The fraction of sp³-hybridized carbons (Fsp3) is 0.571. The van der Waals surface area contributed by atoms with E-state index >= 15 is 0 Å². The van der Waals surface area contributed by atoms with Crippen LogP contribution < -0.4 is 11.1 Å². The van der Waals surface area contributed by atoms with Crippen molar-refractivity contribution in [2.75, 3.05) is 0 Å². The lowest BCUT2D eigenvalue weighted by Crippen LogP contribution is -2.34. The average Bonchev–Trinajstić information content (AvgIpc) is 3.21. The summed E-state index contributed by atoms with van der Waals surface area (Å²) in [6.45, 7) is 2.48. The molecule has 1 atom stereocenters. The highest BCUT2D eigenvalue weighted by atomic mass is 16.1. The lowest BCUT2D eigenvalue weighted by Gasteiger charge is -2.16. The van der Waals surface area contributed by atoms with E-state index in [9.17, 15) is 4.79 Å². The average molecular weight is 247 g/mol. The van der Waals surface area contributed by atoms with Gasteiger partial charge in [-0.15, -0.1) is 0 Å². The zero-order chi connectivity index (χ0) is 13.0. The van der Waals surface area contributed by atoms with Gasteiger partial charge in [-0.25, -0.2) is 0 Å². The summed E-state index contributed by atoms with van der Waals surface area (Å²) >= 11 is 0. The molecule has 1 aromatic rings. The molecule has 0 radical (unpaired) electrons. The number of amides is 1. The normalized spacial score (nSPS) is 16.3. The number of nitrogens with two attached hydrogens (primary N) is 1. The summed E-state index contributed by atoms with van der Waals surface area (Å²) < 4.78 is 0. The highest BCUT2D eigenvalue weighted by Gasteiger charge is 2.25. The van der Waals surface area contributed by atoms with Crippen LogP contribution >= 0.6 is 0 Å². The van der Waals surface area contributed by atoms with Crippen LogP contribution in [-0.4, -0.2) is 16.9 Å². The van der Waals surface area contributed by atoms with Crippen LogP contribution in [-0.2, 0) is 6.54 Å². The van der Waals surface area contributed by atoms with E-state index in [1.807, 2.05) is 0 Å². The Balaban J connectivity index is 1.96. The first-order chi connectivity index (χ1) is 8.72. The zero-order valence-corrected chi connectivity index (χ0v) is 10.9. The van der Waals surface area contributed by atoms with Gasteiger partial charge in [0.2, 0.25) is 0 Å². The van der Waals surface area contributed by atoms with E-state index in [2.05, 4.69) is 17.2 Å². The monoisotopic (exact) mass is 247 g/mol. The Morgan fingerprint density at radius 1 is 1.61 bits per heavy atom. The molecule has 3 N–H and O–H groups in total. The van der Waals surface area contributed by atoms with Crippen molar-refractivity contribution >= 4 is 5.91 Å². The molecular formula is C14H21N3O. The summed E-state index contributed by atoms with van der Waals surface area (Å²) in [5.41, 5.74) is 6.93. The molecule has 4 heteroatoms. The van der Waals surface area contributed by atoms with Crippen molar-refractivity contribution in [2.45, 2.75) is 45.2 Å². The van der Waals surface area contributed by atoms with Crippen molar-refractivity contribution in [3.8, 4) is 0 Å². The summed E-state index contributed by atoms with van der Waals surface area (Å²) in [7, 11) is 0. The van der Waals surface area contributed by atoms with Crippen LogP contribution in [0.15, 0.2) is 18.3 Å². The Morgan fingerprint density at radius 2 is 2.39 bits per heavy atom. The number of carbonyl (C=O) groups excluding carboxylic acids is 1. The van der Waals surface area contributed by atoms with Crippen LogP contribution in [0.3, 0.4) is 0 Å². The number of carbonyl (C=O) groups is 1. The Labute approximate surface area is 108 Å². The Kier molecular flexibility index (Phi) is 4.31. The van der Waals surface area contributed by atoms with Gasteiger partial charge in [0, 0.05) is 24.3 Å². The van der Waals surface area contributed by atoms with E-state index in [0.29, 0.717) is 18.2 Å². The Morgan fingerprint density at radius 3 is 3.00 bits per heavy atom. The molecule has 1 unspecified atom stereocenters. The Hall–Kier alpha value is -1.42. The van der Waals surface area contributed by atoms with E-state index < -0.39 is 0 Å². The molecule has 0 spiro atoms. The molecule has 1 fully saturated rings. The fourth-order valence-electron chi connectivity index (χ4n) is 2.08. The fourth-order valence-corrected chi connectivity index (χ4v) is 2.08. The first kappa shape index (κ1) is 13.0. The van der Waals surface area contributed by atoms with Gasteiger partial charge in [0.1, 0.15) is 0 Å². The Bertz CT molecular complexity index is 415. The number of hydrogen-bond donors (Lipinski definition) is 2. The standard InChI is InChI=1S/C14H21N3O/c1-2-12(7-10-3-4-10)17-14(18)11-5-6-16-13(8-11)9-15/h5-6,8,10,12H,2-4,7,9,15H2,1H3,(H,17,18). The first-order valence-corrected chi connectivity index (χ1v) is 6.68. The van der Waals surface area contributed by atoms with Crippen molar-refractivity contribution in [2.24, 2.45) is 11.7 Å². The highest BCUT2D eigenvalue weighted by molar-refractivity contribution is 5.94. The van der Waals surface area contributed by atoms with Gasteiger partial charge in [-0.1, -0.05) is 19.8 Å². The summed E-state index contributed by atoms with van der Waals surface area (Å²) in [5.74, 6) is 0.812. The topological polar surface area (TPSA) is 68.0 Å². The van der Waals surface area contributed by atoms with Crippen molar-refractivity contribution in [1.82, 2.24) is 10.3 Å². The first-order valence-electron chi connectivity index (χ1n) is 6.68. The third kappa shape index (κ3) is 3.53. The van der Waals surface area contributed by atoms with Crippen LogP contribution in [0.1, 0.15) is 48.7 Å². The maximum Gasteiger partial charge on any atom is 0.251 e. The minimum Gasteiger partial charge on any atom is -0.349 e. The van der Waals surface area contributed by atoms with Crippen LogP contribution in [0.2, 0.25) is 0 Å². The van der Waals surface area contributed by atoms with E-state index in [-0.39, 0.29) is 5.91 Å². The van der Waals surface area contributed by atoms with Crippen molar-refractivity contribution < 1.29 is 4.79 Å². The van der Waals surface area contributed by atoms with Crippen molar-refractivity contribution in [3.05, 3.63) is 29.6 Å². The SMILES string of the molecule is CCC(CC1CC1)NC(=O)c1ccnc(CN)c1. The molecule has 98 valence electrons. The quantitative estimate of drug-likeness (QED) is 0.806. The molecule has 2 rings (SSSR count). The van der Waals surface area contributed by atoms with Gasteiger partial charge in [0.15, 0.2) is 0 Å². The molecule has 0 aliphatic heterocycles. The van der Waals surface area contributed by atoms with Gasteiger partial charge in [0.25, 0.3) is 5.91 Å². The zero-order valence-electron chi connectivity index (χ0n) is 10.9. The molecule has 0 aromatic carbocycles. The lowest BCUT2D eigenvalue weighted by molar-refractivity contribution is 0.0932. The maximum absolute atomic E-state index is 12.1. The molecule has 4 nitrogen and oxygen atoms in total. The van der Waals surface area contributed by atoms with Gasteiger partial charge in [-0.05, 0) is 30.9 Å². The second-order valence-corrected chi connectivity index (χ2v) is 5.00. The molecule has 1 aliphatic carbocycles. The number of nitrogens with one attached hydrogen (secondary N) is 1. The van der Waals surface area contributed by atoms with Crippen LogP contribution in [0.4, 0.5) is 0 Å². The van der Waals surface area contributed by atoms with Gasteiger partial charge in [-0.2, -0.15) is 0 Å². The van der Waals surface area contributed by atoms with E-state index in [1.165, 1.54) is 12.8 Å². The van der Waals surface area contributed by atoms with Crippen LogP contribution in [0, 0.1) is 5.92 Å². The van der Waals surface area contributed by atoms with Gasteiger partial charge >= 0.3 is 0 Å². The van der Waals surface area contributed by atoms with Gasteiger partial charge in [0.05, 0.1) is 5.69 Å². The van der Waals surface area contributed by atoms with Crippen molar-refractivity contribution in [3.63, 3.8) is 0 Å². The van der Waals surface area contributed by atoms with Gasteiger partial charge < -0.3 is 11.1 Å². The molecule has 0 bridgehead atoms. The summed E-state index contributed by atoms with van der Waals surface area (Å²) in [6, 6.07) is 3.79. The van der Waals surface area contributed by atoms with Gasteiger partial charge in [-0.3, -0.25) is 9.78 Å². The smallest absolute Gasteiger partial charge is 0.251 e.